The lowest BCUT2D eigenvalue weighted by molar-refractivity contribution is -0.00522. The molecule has 2 aromatic heterocycles. The summed E-state index contributed by atoms with van der Waals surface area (Å²) in [6.45, 7) is 7.01. The molecule has 2 aliphatic rings. The molecular formula is C25H26ClFN4OS. The fourth-order valence-corrected chi connectivity index (χ4v) is 5.08. The van der Waals surface area contributed by atoms with E-state index in [0.29, 0.717) is 18.7 Å². The number of thiol groups is 1. The number of morpholine rings is 1. The summed E-state index contributed by atoms with van der Waals surface area (Å²) >= 11 is 10.5. The van der Waals surface area contributed by atoms with E-state index in [0.717, 1.165) is 40.9 Å². The molecule has 172 valence electrons. The van der Waals surface area contributed by atoms with Crippen molar-refractivity contribution in [1.82, 2.24) is 13.9 Å². The van der Waals surface area contributed by atoms with Gasteiger partial charge in [0.15, 0.2) is 5.65 Å². The standard InChI is InChI=1S/C25H26ClFN4OS/c1-16-12-30(13-17(2)32-16)20-10-21-22(15-31(33)25(21)28-11-20)18-6-8-29(9-7-18)14-19-4-3-5-23(26)24(19)27/h3-8,10-11,15-17,33H,9,12-14H2,1-2H3/t16-,17-/m1/s1. The lowest BCUT2D eigenvalue weighted by Gasteiger charge is -2.36. The van der Waals surface area contributed by atoms with Crippen LogP contribution in [0.3, 0.4) is 0 Å². The minimum Gasteiger partial charge on any atom is -0.372 e. The van der Waals surface area contributed by atoms with Crippen molar-refractivity contribution in [1.29, 1.82) is 0 Å². The fraction of sp³-hybridized carbons (Fsp3) is 0.320. The Morgan fingerprint density at radius 2 is 2.03 bits per heavy atom. The number of ether oxygens (including phenoxy) is 1. The maximum Gasteiger partial charge on any atom is 0.150 e. The van der Waals surface area contributed by atoms with Gasteiger partial charge in [-0.15, -0.1) is 0 Å². The zero-order chi connectivity index (χ0) is 23.1. The average Bonchev–Trinajstić information content (AvgIpc) is 3.13. The Labute approximate surface area is 203 Å². The molecule has 1 aromatic carbocycles. The number of benzene rings is 1. The van der Waals surface area contributed by atoms with Crippen LogP contribution in [0.1, 0.15) is 25.0 Å². The van der Waals surface area contributed by atoms with Crippen molar-refractivity contribution in [3.63, 3.8) is 0 Å². The normalized spacial score (nSPS) is 21.1. The van der Waals surface area contributed by atoms with Gasteiger partial charge in [-0.05, 0) is 37.6 Å². The highest BCUT2D eigenvalue weighted by Crippen LogP contribution is 2.33. The Kier molecular flexibility index (Phi) is 6.12. The van der Waals surface area contributed by atoms with Crippen LogP contribution in [-0.2, 0) is 11.3 Å². The summed E-state index contributed by atoms with van der Waals surface area (Å²) in [7, 11) is 0. The average molecular weight is 485 g/mol. The van der Waals surface area contributed by atoms with Gasteiger partial charge in [0.05, 0.1) is 29.1 Å². The summed E-state index contributed by atoms with van der Waals surface area (Å²) in [5.41, 5.74) is 4.67. The van der Waals surface area contributed by atoms with E-state index in [2.05, 4.69) is 54.7 Å². The molecule has 0 amide bonds. The number of nitrogens with zero attached hydrogens (tertiary/aromatic N) is 4. The van der Waals surface area contributed by atoms with Crippen LogP contribution in [0.4, 0.5) is 10.1 Å². The number of anilines is 1. The molecule has 0 N–H and O–H groups in total. The minimum atomic E-state index is -0.356. The van der Waals surface area contributed by atoms with Gasteiger partial charge < -0.3 is 14.5 Å². The summed E-state index contributed by atoms with van der Waals surface area (Å²) in [5.74, 6) is -0.356. The van der Waals surface area contributed by atoms with Crippen LogP contribution < -0.4 is 4.90 Å². The molecule has 8 heteroatoms. The minimum absolute atomic E-state index is 0.152. The third-order valence-corrected chi connectivity index (χ3v) is 6.72. The number of allylic oxidation sites excluding steroid dienone is 2. The van der Waals surface area contributed by atoms with Gasteiger partial charge in [-0.25, -0.2) is 9.37 Å². The Bertz CT molecular complexity index is 1250. The number of fused-ring (bicyclic) bond motifs is 1. The van der Waals surface area contributed by atoms with Gasteiger partial charge in [0.1, 0.15) is 5.82 Å². The molecule has 1 fully saturated rings. The molecule has 2 atom stereocenters. The third kappa shape index (κ3) is 4.50. The summed E-state index contributed by atoms with van der Waals surface area (Å²) in [4.78, 5) is 9.08. The van der Waals surface area contributed by atoms with Gasteiger partial charge in [-0.1, -0.05) is 42.6 Å². The number of hydrogen-bond donors (Lipinski definition) is 1. The van der Waals surface area contributed by atoms with Crippen molar-refractivity contribution in [2.24, 2.45) is 0 Å². The number of hydrogen-bond acceptors (Lipinski definition) is 5. The molecule has 33 heavy (non-hydrogen) atoms. The Morgan fingerprint density at radius 1 is 1.24 bits per heavy atom. The Hall–Kier alpha value is -2.48. The number of rotatable bonds is 4. The topological polar surface area (TPSA) is 33.5 Å². The van der Waals surface area contributed by atoms with Crippen LogP contribution in [0.5, 0.6) is 0 Å². The maximum absolute atomic E-state index is 14.3. The van der Waals surface area contributed by atoms with Crippen molar-refractivity contribution >= 4 is 46.7 Å². The molecule has 0 unspecified atom stereocenters. The smallest absolute Gasteiger partial charge is 0.150 e. The monoisotopic (exact) mass is 484 g/mol. The molecule has 3 aromatic rings. The number of halogens is 2. The molecule has 0 aliphatic carbocycles. The highest BCUT2D eigenvalue weighted by molar-refractivity contribution is 7.78. The Morgan fingerprint density at radius 3 is 2.76 bits per heavy atom. The van der Waals surface area contributed by atoms with E-state index in [-0.39, 0.29) is 23.0 Å². The first-order valence-corrected chi connectivity index (χ1v) is 11.8. The highest BCUT2D eigenvalue weighted by Gasteiger charge is 2.24. The molecule has 0 spiro atoms. The molecule has 4 heterocycles. The highest BCUT2D eigenvalue weighted by atomic mass is 35.5. The molecule has 0 radical (unpaired) electrons. The largest absolute Gasteiger partial charge is 0.372 e. The Balaban J connectivity index is 1.39. The predicted molar refractivity (Wildman–Crippen MR) is 135 cm³/mol. The van der Waals surface area contributed by atoms with Gasteiger partial charge in [0.2, 0.25) is 0 Å². The first kappa shape index (κ1) is 22.3. The zero-order valence-corrected chi connectivity index (χ0v) is 20.2. The second-order valence-corrected chi connectivity index (χ2v) is 9.57. The first-order chi connectivity index (χ1) is 15.9. The van der Waals surface area contributed by atoms with Crippen LogP contribution in [0.25, 0.3) is 16.6 Å². The molecule has 5 rings (SSSR count). The predicted octanol–water partition coefficient (Wildman–Crippen LogP) is 5.55. The van der Waals surface area contributed by atoms with E-state index in [1.165, 1.54) is 0 Å². The van der Waals surface area contributed by atoms with Crippen LogP contribution in [-0.4, -0.2) is 45.7 Å². The van der Waals surface area contributed by atoms with Crippen LogP contribution >= 0.6 is 24.4 Å². The van der Waals surface area contributed by atoms with Crippen molar-refractivity contribution < 1.29 is 9.13 Å². The second kappa shape index (κ2) is 9.05. The maximum atomic E-state index is 14.3. The molecule has 2 aliphatic heterocycles. The van der Waals surface area contributed by atoms with Crippen molar-refractivity contribution in [3.8, 4) is 0 Å². The molecular weight excluding hydrogens is 459 g/mol. The van der Waals surface area contributed by atoms with Crippen LogP contribution in [0, 0.1) is 5.82 Å². The summed E-state index contributed by atoms with van der Waals surface area (Å²) < 4.78 is 21.9. The van der Waals surface area contributed by atoms with E-state index in [1.54, 1.807) is 22.2 Å². The van der Waals surface area contributed by atoms with Gasteiger partial charge in [0.25, 0.3) is 0 Å². The van der Waals surface area contributed by atoms with E-state index in [4.69, 9.17) is 21.3 Å². The quantitative estimate of drug-likeness (QED) is 0.492. The van der Waals surface area contributed by atoms with Crippen molar-refractivity contribution in [2.75, 3.05) is 24.5 Å². The van der Waals surface area contributed by atoms with Gasteiger partial charge in [0, 0.05) is 55.1 Å². The second-order valence-electron chi connectivity index (χ2n) is 8.73. The van der Waals surface area contributed by atoms with E-state index < -0.39 is 0 Å². The van der Waals surface area contributed by atoms with Gasteiger partial charge in [-0.2, -0.15) is 0 Å². The van der Waals surface area contributed by atoms with E-state index >= 15 is 0 Å². The molecule has 5 nitrogen and oxygen atoms in total. The van der Waals surface area contributed by atoms with Gasteiger partial charge >= 0.3 is 0 Å². The van der Waals surface area contributed by atoms with Crippen molar-refractivity contribution in [3.05, 3.63) is 77.0 Å². The number of aromatic nitrogens is 2. The molecule has 0 bridgehead atoms. The van der Waals surface area contributed by atoms with Crippen LogP contribution in [0.15, 0.2) is 55.0 Å². The van der Waals surface area contributed by atoms with E-state index in [1.807, 2.05) is 18.6 Å². The summed E-state index contributed by atoms with van der Waals surface area (Å²) in [6, 6.07) is 7.30. The van der Waals surface area contributed by atoms with Gasteiger partial charge in [-0.3, -0.25) is 3.97 Å². The lowest BCUT2D eigenvalue weighted by Crippen LogP contribution is -2.45. The third-order valence-electron chi connectivity index (χ3n) is 6.12. The van der Waals surface area contributed by atoms with Crippen molar-refractivity contribution in [2.45, 2.75) is 32.6 Å². The van der Waals surface area contributed by atoms with E-state index in [9.17, 15) is 4.39 Å². The number of pyridine rings is 1. The molecule has 1 saturated heterocycles. The SMILES string of the molecule is C[C@@H]1CN(c2cnc3c(c2)c(C2=CCN(Cc4cccc(Cl)c4F)C=C2)cn3S)C[C@@H](C)O1. The lowest BCUT2D eigenvalue weighted by atomic mass is 10.0. The summed E-state index contributed by atoms with van der Waals surface area (Å²) in [6.07, 6.45) is 10.5. The zero-order valence-electron chi connectivity index (χ0n) is 18.6. The molecule has 0 saturated carbocycles. The first-order valence-electron chi connectivity index (χ1n) is 11.1. The van der Waals surface area contributed by atoms with Crippen LogP contribution in [0.2, 0.25) is 5.02 Å². The fourth-order valence-electron chi connectivity index (χ4n) is 4.61. The summed E-state index contributed by atoms with van der Waals surface area (Å²) in [5, 5.41) is 1.21.